The van der Waals surface area contributed by atoms with E-state index >= 15 is 0 Å². The van der Waals surface area contributed by atoms with Gasteiger partial charge in [0.15, 0.2) is 0 Å². The maximum absolute atomic E-state index is 12.1. The van der Waals surface area contributed by atoms with Gasteiger partial charge in [0.2, 0.25) is 0 Å². The maximum Gasteiger partial charge on any atom is 0.573 e. The second-order valence-corrected chi connectivity index (χ2v) is 3.95. The Bertz CT molecular complexity index is 531. The van der Waals surface area contributed by atoms with E-state index in [1.165, 1.54) is 0 Å². The van der Waals surface area contributed by atoms with Crippen molar-refractivity contribution in [3.63, 3.8) is 0 Å². The molecule has 6 nitrogen and oxygen atoms in total. The SMILES string of the molecule is COC(=O)c1cc(OC(F)(F)F)c(Br)cc1[N+](=O)[O-]. The number of alkyl halides is 3. The summed E-state index contributed by atoms with van der Waals surface area (Å²) in [5.41, 5.74) is -1.34. The molecule has 0 aromatic heterocycles. The highest BCUT2D eigenvalue weighted by Crippen LogP contribution is 2.36. The van der Waals surface area contributed by atoms with Crippen LogP contribution in [0.2, 0.25) is 0 Å². The van der Waals surface area contributed by atoms with Gasteiger partial charge in [0.25, 0.3) is 5.69 Å². The van der Waals surface area contributed by atoms with Gasteiger partial charge >= 0.3 is 12.3 Å². The molecule has 0 fully saturated rings. The molecule has 0 aliphatic heterocycles. The Morgan fingerprint density at radius 3 is 2.42 bits per heavy atom. The van der Waals surface area contributed by atoms with E-state index in [0.29, 0.717) is 6.07 Å². The fourth-order valence-electron chi connectivity index (χ4n) is 1.17. The van der Waals surface area contributed by atoms with E-state index in [1.807, 2.05) is 0 Å². The van der Waals surface area contributed by atoms with Crippen molar-refractivity contribution in [1.29, 1.82) is 0 Å². The fraction of sp³-hybridized carbons (Fsp3) is 0.222. The van der Waals surface area contributed by atoms with Crippen molar-refractivity contribution in [2.45, 2.75) is 6.36 Å². The zero-order valence-corrected chi connectivity index (χ0v) is 10.7. The van der Waals surface area contributed by atoms with Crippen LogP contribution in [0.1, 0.15) is 10.4 Å². The lowest BCUT2D eigenvalue weighted by Crippen LogP contribution is -2.18. The first kappa shape index (κ1) is 15.2. The minimum absolute atomic E-state index is 0.316. The van der Waals surface area contributed by atoms with E-state index in [4.69, 9.17) is 0 Å². The molecular formula is C9H5BrF3NO5. The number of nitrogens with zero attached hydrogens (tertiary/aromatic N) is 1. The average Bonchev–Trinajstić information content (AvgIpc) is 2.28. The van der Waals surface area contributed by atoms with Crippen LogP contribution in [0.25, 0.3) is 0 Å². The van der Waals surface area contributed by atoms with Crippen molar-refractivity contribution in [3.8, 4) is 5.75 Å². The summed E-state index contributed by atoms with van der Waals surface area (Å²) in [5, 5.41) is 10.7. The molecular weight excluding hydrogens is 339 g/mol. The van der Waals surface area contributed by atoms with Crippen molar-refractivity contribution in [1.82, 2.24) is 0 Å². The number of nitro groups is 1. The topological polar surface area (TPSA) is 78.7 Å². The molecule has 0 saturated carbocycles. The van der Waals surface area contributed by atoms with Gasteiger partial charge in [-0.05, 0) is 15.9 Å². The molecule has 0 amide bonds. The molecule has 1 aromatic rings. The molecule has 19 heavy (non-hydrogen) atoms. The van der Waals surface area contributed by atoms with Crippen LogP contribution in [0, 0.1) is 10.1 Å². The second kappa shape index (κ2) is 5.43. The number of esters is 1. The summed E-state index contributed by atoms with van der Waals surface area (Å²) in [6.45, 7) is 0. The zero-order chi connectivity index (χ0) is 14.8. The third-order valence-corrected chi connectivity index (χ3v) is 2.50. The Labute approximate surface area is 112 Å². The summed E-state index contributed by atoms with van der Waals surface area (Å²) < 4.78 is 43.9. The molecule has 0 saturated heterocycles. The number of methoxy groups -OCH3 is 1. The Kier molecular flexibility index (Phi) is 4.35. The van der Waals surface area contributed by atoms with Crippen molar-refractivity contribution in [3.05, 3.63) is 32.3 Å². The highest BCUT2D eigenvalue weighted by Gasteiger charge is 2.34. The molecule has 10 heteroatoms. The maximum atomic E-state index is 12.1. The van der Waals surface area contributed by atoms with E-state index in [1.54, 1.807) is 0 Å². The molecule has 0 radical (unpaired) electrons. The molecule has 1 aromatic carbocycles. The number of benzene rings is 1. The first-order valence-corrected chi connectivity index (χ1v) is 5.27. The van der Waals surface area contributed by atoms with Gasteiger partial charge in [-0.3, -0.25) is 10.1 Å². The Morgan fingerprint density at radius 2 is 2.00 bits per heavy atom. The van der Waals surface area contributed by atoms with Crippen LogP contribution in [0.3, 0.4) is 0 Å². The summed E-state index contributed by atoms with van der Waals surface area (Å²) in [6, 6.07) is 1.31. The molecule has 104 valence electrons. The first-order valence-electron chi connectivity index (χ1n) is 4.47. The van der Waals surface area contributed by atoms with Crippen LogP contribution < -0.4 is 4.74 Å². The molecule has 0 bridgehead atoms. The number of nitro benzene ring substituents is 1. The minimum atomic E-state index is -4.99. The van der Waals surface area contributed by atoms with Crippen LogP contribution in [-0.2, 0) is 4.74 Å². The molecule has 0 spiro atoms. The van der Waals surface area contributed by atoms with Crippen molar-refractivity contribution in [2.24, 2.45) is 0 Å². The van der Waals surface area contributed by atoms with Crippen LogP contribution in [0.5, 0.6) is 5.75 Å². The largest absolute Gasteiger partial charge is 0.573 e. The van der Waals surface area contributed by atoms with Crippen molar-refractivity contribution < 1.29 is 32.4 Å². The van der Waals surface area contributed by atoms with E-state index in [-0.39, 0.29) is 4.47 Å². The predicted molar refractivity (Wildman–Crippen MR) is 58.8 cm³/mol. The number of carbonyl (C=O) groups is 1. The summed E-state index contributed by atoms with van der Waals surface area (Å²) in [6.07, 6.45) is -4.99. The average molecular weight is 344 g/mol. The molecule has 0 unspecified atom stereocenters. The third-order valence-electron chi connectivity index (χ3n) is 1.88. The molecule has 1 rings (SSSR count). The lowest BCUT2D eigenvalue weighted by atomic mass is 10.1. The van der Waals surface area contributed by atoms with Gasteiger partial charge in [-0.25, -0.2) is 4.79 Å². The van der Waals surface area contributed by atoms with Gasteiger partial charge in [0.1, 0.15) is 11.3 Å². The quantitative estimate of drug-likeness (QED) is 0.478. The van der Waals surface area contributed by atoms with Crippen molar-refractivity contribution in [2.75, 3.05) is 7.11 Å². The van der Waals surface area contributed by atoms with Crippen LogP contribution in [-0.4, -0.2) is 24.4 Å². The lowest BCUT2D eigenvalue weighted by Gasteiger charge is -2.11. The highest BCUT2D eigenvalue weighted by atomic mass is 79.9. The van der Waals surface area contributed by atoms with Gasteiger partial charge in [-0.1, -0.05) is 0 Å². The summed E-state index contributed by atoms with van der Waals surface area (Å²) >= 11 is 2.69. The molecule has 0 N–H and O–H groups in total. The standard InChI is InChI=1S/C9H5BrF3NO5/c1-18-8(15)4-2-7(19-9(11,12)13)5(10)3-6(4)14(16)17/h2-3H,1H3. The molecule has 0 aliphatic carbocycles. The fourth-order valence-corrected chi connectivity index (χ4v) is 1.58. The van der Waals surface area contributed by atoms with Gasteiger partial charge in [0, 0.05) is 12.1 Å². The second-order valence-electron chi connectivity index (χ2n) is 3.10. The van der Waals surface area contributed by atoms with E-state index < -0.39 is 34.3 Å². The minimum Gasteiger partial charge on any atom is -0.465 e. The van der Waals surface area contributed by atoms with E-state index in [0.717, 1.165) is 13.2 Å². The van der Waals surface area contributed by atoms with Crippen LogP contribution in [0.4, 0.5) is 18.9 Å². The number of hydrogen-bond donors (Lipinski definition) is 0. The predicted octanol–water partition coefficient (Wildman–Crippen LogP) is 3.04. The van der Waals surface area contributed by atoms with Crippen LogP contribution >= 0.6 is 15.9 Å². The summed E-state index contributed by atoms with van der Waals surface area (Å²) in [7, 11) is 0.943. The number of carbonyl (C=O) groups excluding carboxylic acids is 1. The monoisotopic (exact) mass is 343 g/mol. The first-order chi connectivity index (χ1) is 8.65. The number of rotatable bonds is 3. The normalized spacial score (nSPS) is 11.0. The van der Waals surface area contributed by atoms with Crippen molar-refractivity contribution >= 4 is 27.6 Å². The molecule has 0 heterocycles. The van der Waals surface area contributed by atoms with Gasteiger partial charge in [-0.15, -0.1) is 13.2 Å². The Morgan fingerprint density at radius 1 is 1.42 bits per heavy atom. The van der Waals surface area contributed by atoms with Gasteiger partial charge in [-0.2, -0.15) is 0 Å². The number of halogens is 4. The number of hydrogen-bond acceptors (Lipinski definition) is 5. The Balaban J connectivity index is 3.38. The highest BCUT2D eigenvalue weighted by molar-refractivity contribution is 9.10. The van der Waals surface area contributed by atoms with Gasteiger partial charge in [0.05, 0.1) is 16.5 Å². The smallest absolute Gasteiger partial charge is 0.465 e. The van der Waals surface area contributed by atoms with E-state index in [2.05, 4.69) is 25.4 Å². The lowest BCUT2D eigenvalue weighted by molar-refractivity contribution is -0.385. The van der Waals surface area contributed by atoms with Crippen LogP contribution in [0.15, 0.2) is 16.6 Å². The Hall–Kier alpha value is -1.84. The number of ether oxygens (including phenoxy) is 2. The van der Waals surface area contributed by atoms with E-state index in [9.17, 15) is 28.1 Å². The summed E-state index contributed by atoms with van der Waals surface area (Å²) in [5.74, 6) is -1.93. The summed E-state index contributed by atoms with van der Waals surface area (Å²) in [4.78, 5) is 21.1. The molecule has 0 atom stereocenters. The zero-order valence-electron chi connectivity index (χ0n) is 9.16. The molecule has 0 aliphatic rings. The van der Waals surface area contributed by atoms with Gasteiger partial charge < -0.3 is 9.47 Å². The third kappa shape index (κ3) is 3.81.